The molecule has 0 aromatic heterocycles. The Hall–Kier alpha value is -1.13. The third-order valence-corrected chi connectivity index (χ3v) is 13.2. The van der Waals surface area contributed by atoms with E-state index >= 15 is 0 Å². The molecule has 0 saturated carbocycles. The van der Waals surface area contributed by atoms with Gasteiger partial charge in [0, 0.05) is 6.42 Å². The maximum atomic E-state index is 12.4. The lowest BCUT2D eigenvalue weighted by atomic mass is 10.0. The van der Waals surface area contributed by atoms with Crippen LogP contribution in [0.2, 0.25) is 0 Å². The van der Waals surface area contributed by atoms with Crippen LogP contribution in [0.4, 0.5) is 0 Å². The van der Waals surface area contributed by atoms with E-state index < -0.39 is 12.1 Å². The van der Waals surface area contributed by atoms with Crippen molar-refractivity contribution in [3.05, 3.63) is 24.3 Å². The van der Waals surface area contributed by atoms with Crippen molar-refractivity contribution in [2.45, 2.75) is 328 Å². The molecule has 362 valence electrons. The molecule has 0 rings (SSSR count). The van der Waals surface area contributed by atoms with Crippen LogP contribution in [0.1, 0.15) is 316 Å². The summed E-state index contributed by atoms with van der Waals surface area (Å²) in [6.07, 6.45) is 70.9. The highest BCUT2D eigenvalue weighted by Gasteiger charge is 2.18. The van der Waals surface area contributed by atoms with Gasteiger partial charge in [-0.15, -0.1) is 0 Å². The summed E-state index contributed by atoms with van der Waals surface area (Å²) in [7, 11) is 0. The normalized spacial score (nSPS) is 12.9. The molecule has 2 atom stereocenters. The lowest BCUT2D eigenvalue weighted by Gasteiger charge is -2.19. The second kappa shape index (κ2) is 53.2. The number of carbonyl (C=O) groups excluding carboxylic acids is 1. The number of aliphatic hydroxyl groups is 2. The van der Waals surface area contributed by atoms with E-state index in [9.17, 15) is 15.0 Å². The van der Waals surface area contributed by atoms with Crippen molar-refractivity contribution in [1.82, 2.24) is 5.32 Å². The summed E-state index contributed by atoms with van der Waals surface area (Å²) in [5.41, 5.74) is 0. The summed E-state index contributed by atoms with van der Waals surface area (Å²) in [6, 6.07) is -0.634. The van der Waals surface area contributed by atoms with Crippen LogP contribution >= 0.6 is 0 Å². The van der Waals surface area contributed by atoms with Crippen LogP contribution in [0.15, 0.2) is 24.3 Å². The Morgan fingerprint density at radius 1 is 0.377 bits per heavy atom. The van der Waals surface area contributed by atoms with Gasteiger partial charge >= 0.3 is 0 Å². The van der Waals surface area contributed by atoms with Crippen LogP contribution in [0, 0.1) is 0 Å². The number of nitrogens with one attached hydrogen (secondary N) is 1. The van der Waals surface area contributed by atoms with Gasteiger partial charge in [-0.05, 0) is 32.1 Å². The summed E-state index contributed by atoms with van der Waals surface area (Å²) >= 11 is 0. The summed E-state index contributed by atoms with van der Waals surface area (Å²) in [5.74, 6) is -0.0703. The van der Waals surface area contributed by atoms with Crippen molar-refractivity contribution < 1.29 is 15.0 Å². The minimum Gasteiger partial charge on any atom is -0.394 e. The number of hydrogen-bond acceptors (Lipinski definition) is 3. The number of allylic oxidation sites excluding steroid dienone is 3. The summed E-state index contributed by atoms with van der Waals surface area (Å²) < 4.78 is 0. The Morgan fingerprint density at radius 3 is 0.951 bits per heavy atom. The molecule has 0 aromatic rings. The maximum absolute atomic E-state index is 12.4. The molecule has 0 aliphatic carbocycles. The van der Waals surface area contributed by atoms with Crippen LogP contribution in [0.5, 0.6) is 0 Å². The van der Waals surface area contributed by atoms with Gasteiger partial charge in [0.15, 0.2) is 0 Å². The standard InChI is InChI=1S/C57H111NO3/c1-3-5-7-9-11-13-15-16-17-18-19-20-21-22-23-24-25-26-27-28-29-30-31-32-33-34-35-36-37-38-39-40-41-42-43-45-47-49-51-53-57(61)58-55(54-59)56(60)52-50-48-46-44-14-12-10-8-6-4-2/h14,44,50,52,55-56,59-60H,3-13,15-43,45-49,51,53-54H2,1-2H3,(H,58,61)/b44-14+,52-50+. The van der Waals surface area contributed by atoms with Crippen molar-refractivity contribution in [2.75, 3.05) is 6.61 Å². The minimum absolute atomic E-state index is 0.0703. The first kappa shape index (κ1) is 59.9. The lowest BCUT2D eigenvalue weighted by molar-refractivity contribution is -0.123. The predicted molar refractivity (Wildman–Crippen MR) is 272 cm³/mol. The van der Waals surface area contributed by atoms with Crippen LogP contribution < -0.4 is 5.32 Å². The molecule has 0 fully saturated rings. The molecule has 61 heavy (non-hydrogen) atoms. The Kier molecular flexibility index (Phi) is 52.2. The van der Waals surface area contributed by atoms with E-state index in [4.69, 9.17) is 0 Å². The largest absolute Gasteiger partial charge is 0.394 e. The van der Waals surface area contributed by atoms with E-state index in [0.29, 0.717) is 6.42 Å². The van der Waals surface area contributed by atoms with Gasteiger partial charge in [0.25, 0.3) is 0 Å². The molecule has 0 radical (unpaired) electrons. The first-order chi connectivity index (χ1) is 30.2. The molecular formula is C57H111NO3. The van der Waals surface area contributed by atoms with Crippen LogP contribution in [0.25, 0.3) is 0 Å². The van der Waals surface area contributed by atoms with Crippen LogP contribution in [0.3, 0.4) is 0 Å². The van der Waals surface area contributed by atoms with Crippen LogP contribution in [-0.2, 0) is 4.79 Å². The van der Waals surface area contributed by atoms with Gasteiger partial charge in [-0.2, -0.15) is 0 Å². The van der Waals surface area contributed by atoms with E-state index in [-0.39, 0.29) is 12.5 Å². The second-order valence-electron chi connectivity index (χ2n) is 19.4. The molecule has 4 nitrogen and oxygen atoms in total. The highest BCUT2D eigenvalue weighted by molar-refractivity contribution is 5.76. The number of aliphatic hydroxyl groups excluding tert-OH is 2. The van der Waals surface area contributed by atoms with Crippen LogP contribution in [-0.4, -0.2) is 34.9 Å². The number of amides is 1. The molecule has 3 N–H and O–H groups in total. The van der Waals surface area contributed by atoms with Crippen molar-refractivity contribution in [3.63, 3.8) is 0 Å². The smallest absolute Gasteiger partial charge is 0.220 e. The van der Waals surface area contributed by atoms with Crippen molar-refractivity contribution in [2.24, 2.45) is 0 Å². The van der Waals surface area contributed by atoms with E-state index in [2.05, 4.69) is 31.3 Å². The lowest BCUT2D eigenvalue weighted by Crippen LogP contribution is -2.45. The van der Waals surface area contributed by atoms with Gasteiger partial charge in [0.2, 0.25) is 5.91 Å². The quantitative estimate of drug-likeness (QED) is 0.0422. The monoisotopic (exact) mass is 858 g/mol. The first-order valence-corrected chi connectivity index (χ1v) is 28.1. The molecule has 0 saturated heterocycles. The fourth-order valence-electron chi connectivity index (χ4n) is 8.90. The first-order valence-electron chi connectivity index (χ1n) is 28.1. The maximum Gasteiger partial charge on any atom is 0.220 e. The molecular weight excluding hydrogens is 747 g/mol. The third kappa shape index (κ3) is 49.7. The van der Waals surface area contributed by atoms with E-state index in [0.717, 1.165) is 32.1 Å². The minimum atomic E-state index is -0.857. The summed E-state index contributed by atoms with van der Waals surface area (Å²) in [6.45, 7) is 4.28. The second-order valence-corrected chi connectivity index (χ2v) is 19.4. The average Bonchev–Trinajstić information content (AvgIpc) is 3.26. The average molecular weight is 859 g/mol. The van der Waals surface area contributed by atoms with Crippen molar-refractivity contribution in [3.8, 4) is 0 Å². The Labute approximate surface area is 383 Å². The number of hydrogen-bond donors (Lipinski definition) is 3. The number of rotatable bonds is 52. The summed E-state index contributed by atoms with van der Waals surface area (Å²) in [4.78, 5) is 12.4. The molecule has 0 aromatic carbocycles. The van der Waals surface area contributed by atoms with E-state index in [1.807, 2.05) is 6.08 Å². The fraction of sp³-hybridized carbons (Fsp3) is 0.912. The zero-order valence-corrected chi connectivity index (χ0v) is 41.7. The molecule has 4 heteroatoms. The van der Waals surface area contributed by atoms with Gasteiger partial charge < -0.3 is 15.5 Å². The molecule has 0 heterocycles. The molecule has 0 aliphatic heterocycles. The molecule has 2 unspecified atom stereocenters. The highest BCUT2D eigenvalue weighted by Crippen LogP contribution is 2.18. The Morgan fingerprint density at radius 2 is 0.639 bits per heavy atom. The fourth-order valence-corrected chi connectivity index (χ4v) is 8.90. The Bertz CT molecular complexity index is 886. The van der Waals surface area contributed by atoms with Crippen molar-refractivity contribution >= 4 is 5.91 Å². The van der Waals surface area contributed by atoms with Gasteiger partial charge in [0.05, 0.1) is 18.8 Å². The van der Waals surface area contributed by atoms with E-state index in [1.54, 1.807) is 6.08 Å². The molecule has 0 aliphatic rings. The predicted octanol–water partition coefficient (Wildman–Crippen LogP) is 18.3. The Balaban J connectivity index is 3.32. The number of unbranched alkanes of at least 4 members (excludes halogenated alkanes) is 43. The topological polar surface area (TPSA) is 69.6 Å². The van der Waals surface area contributed by atoms with E-state index in [1.165, 1.54) is 263 Å². The zero-order valence-electron chi connectivity index (χ0n) is 41.7. The van der Waals surface area contributed by atoms with Gasteiger partial charge in [0.1, 0.15) is 0 Å². The number of carbonyl (C=O) groups is 1. The van der Waals surface area contributed by atoms with Crippen molar-refractivity contribution in [1.29, 1.82) is 0 Å². The van der Waals surface area contributed by atoms with Gasteiger partial charge in [-0.1, -0.05) is 301 Å². The molecule has 1 amide bonds. The zero-order chi connectivity index (χ0) is 44.2. The molecule has 0 bridgehead atoms. The third-order valence-electron chi connectivity index (χ3n) is 13.2. The highest BCUT2D eigenvalue weighted by atomic mass is 16.3. The molecule has 0 spiro atoms. The van der Waals surface area contributed by atoms with Gasteiger partial charge in [-0.3, -0.25) is 4.79 Å². The van der Waals surface area contributed by atoms with Gasteiger partial charge in [-0.25, -0.2) is 0 Å². The summed E-state index contributed by atoms with van der Waals surface area (Å²) in [5, 5.41) is 22.9. The SMILES string of the molecule is CCCCCC/C=C/CC/C=C/C(O)C(CO)NC(=O)CCCCCCCCCCCCCCCCCCCCCCCCCCCCCCCCCCCCCCCCC.